The largest absolute Gasteiger partial charge is 0.478 e. The van der Waals surface area contributed by atoms with E-state index in [0.717, 1.165) is 37.6 Å². The summed E-state index contributed by atoms with van der Waals surface area (Å²) in [6, 6.07) is 1.88. The highest BCUT2D eigenvalue weighted by molar-refractivity contribution is 5.38. The second-order valence-corrected chi connectivity index (χ2v) is 4.65. The van der Waals surface area contributed by atoms with Crippen molar-refractivity contribution in [3.63, 3.8) is 0 Å². The number of rotatable bonds is 10. The van der Waals surface area contributed by atoms with Gasteiger partial charge in [-0.1, -0.05) is 39.5 Å². The van der Waals surface area contributed by atoms with E-state index in [1.54, 1.807) is 0 Å². The van der Waals surface area contributed by atoms with Crippen LogP contribution in [-0.2, 0) is 6.42 Å². The lowest BCUT2D eigenvalue weighted by atomic mass is 10.2. The minimum Gasteiger partial charge on any atom is -0.478 e. The first kappa shape index (κ1) is 15.7. The lowest BCUT2D eigenvalue weighted by Crippen LogP contribution is -2.06. The second-order valence-electron chi connectivity index (χ2n) is 4.65. The zero-order valence-corrected chi connectivity index (χ0v) is 12.5. The molecule has 0 aliphatic rings. The molecule has 0 atom stereocenters. The number of hydrogen-bond donors (Lipinski definition) is 1. The van der Waals surface area contributed by atoms with E-state index in [1.165, 1.54) is 25.7 Å². The van der Waals surface area contributed by atoms with Crippen LogP contribution < -0.4 is 10.1 Å². The Hall–Kier alpha value is -1.32. The Kier molecular flexibility index (Phi) is 7.94. The normalized spacial score (nSPS) is 10.5. The lowest BCUT2D eigenvalue weighted by Gasteiger charge is -2.09. The Morgan fingerprint density at radius 3 is 2.53 bits per heavy atom. The molecule has 0 aromatic carbocycles. The summed E-state index contributed by atoms with van der Waals surface area (Å²) < 4.78 is 5.72. The van der Waals surface area contributed by atoms with Crippen molar-refractivity contribution < 1.29 is 4.74 Å². The van der Waals surface area contributed by atoms with Crippen molar-refractivity contribution in [1.82, 2.24) is 9.97 Å². The number of aryl methyl sites for hydroxylation is 1. The molecule has 0 aliphatic heterocycles. The minimum atomic E-state index is 0.693. The van der Waals surface area contributed by atoms with Crippen LogP contribution in [0.25, 0.3) is 0 Å². The van der Waals surface area contributed by atoms with Gasteiger partial charge in [0.2, 0.25) is 5.88 Å². The molecule has 0 saturated heterocycles. The van der Waals surface area contributed by atoms with Gasteiger partial charge in [-0.2, -0.15) is 4.98 Å². The summed E-state index contributed by atoms with van der Waals surface area (Å²) in [6.07, 6.45) is 7.05. The van der Waals surface area contributed by atoms with Crippen LogP contribution in [0.5, 0.6) is 5.88 Å². The fourth-order valence-corrected chi connectivity index (χ4v) is 1.86. The highest BCUT2D eigenvalue weighted by Gasteiger charge is 2.03. The van der Waals surface area contributed by atoms with Crippen LogP contribution in [0.15, 0.2) is 6.07 Å². The maximum absolute atomic E-state index is 5.72. The van der Waals surface area contributed by atoms with Crippen LogP contribution in [0.2, 0.25) is 0 Å². The molecule has 0 aliphatic carbocycles. The van der Waals surface area contributed by atoms with Crippen LogP contribution >= 0.6 is 0 Å². The van der Waals surface area contributed by atoms with E-state index in [1.807, 2.05) is 6.07 Å². The van der Waals surface area contributed by atoms with Crippen molar-refractivity contribution in [3.05, 3.63) is 11.9 Å². The zero-order chi connectivity index (χ0) is 13.9. The molecule has 0 radical (unpaired) electrons. The Morgan fingerprint density at radius 1 is 1.05 bits per heavy atom. The van der Waals surface area contributed by atoms with Crippen LogP contribution in [0.1, 0.15) is 58.7 Å². The van der Waals surface area contributed by atoms with Gasteiger partial charge in [0.05, 0.1) is 6.61 Å². The molecule has 19 heavy (non-hydrogen) atoms. The van der Waals surface area contributed by atoms with E-state index < -0.39 is 0 Å². The maximum Gasteiger partial charge on any atom is 0.218 e. The van der Waals surface area contributed by atoms with Crippen molar-refractivity contribution in [2.45, 2.75) is 59.3 Å². The van der Waals surface area contributed by atoms with Crippen LogP contribution in [-0.4, -0.2) is 23.1 Å². The van der Waals surface area contributed by atoms with E-state index in [-0.39, 0.29) is 0 Å². The Labute approximate surface area is 117 Å². The SMILES string of the molecule is CCCCCCCOc1cc(NCC)nc(CC)n1. The van der Waals surface area contributed by atoms with Gasteiger partial charge in [-0.3, -0.25) is 0 Å². The van der Waals surface area contributed by atoms with Gasteiger partial charge in [-0.05, 0) is 13.3 Å². The standard InChI is InChI=1S/C15H27N3O/c1-4-7-8-9-10-11-19-15-12-14(16-6-3)17-13(5-2)18-15/h12H,4-11H2,1-3H3,(H,16,17,18). The number of nitrogens with zero attached hydrogens (tertiary/aromatic N) is 2. The molecule has 1 aromatic rings. The van der Waals surface area contributed by atoms with Crippen molar-refractivity contribution in [2.24, 2.45) is 0 Å². The van der Waals surface area contributed by atoms with Crippen LogP contribution in [0.3, 0.4) is 0 Å². The molecule has 0 saturated carbocycles. The van der Waals surface area contributed by atoms with Gasteiger partial charge in [0.25, 0.3) is 0 Å². The van der Waals surface area contributed by atoms with Gasteiger partial charge in [-0.15, -0.1) is 0 Å². The maximum atomic E-state index is 5.72. The first-order valence-electron chi connectivity index (χ1n) is 7.54. The zero-order valence-electron chi connectivity index (χ0n) is 12.5. The molecule has 0 spiro atoms. The molecule has 1 heterocycles. The molecule has 1 aromatic heterocycles. The molecule has 0 amide bonds. The number of unbranched alkanes of at least 4 members (excludes halogenated alkanes) is 4. The Morgan fingerprint density at radius 2 is 1.84 bits per heavy atom. The summed E-state index contributed by atoms with van der Waals surface area (Å²) in [4.78, 5) is 8.80. The van der Waals surface area contributed by atoms with E-state index in [0.29, 0.717) is 5.88 Å². The minimum absolute atomic E-state index is 0.693. The summed E-state index contributed by atoms with van der Waals surface area (Å²) in [5.41, 5.74) is 0. The van der Waals surface area contributed by atoms with Gasteiger partial charge >= 0.3 is 0 Å². The quantitative estimate of drug-likeness (QED) is 0.653. The van der Waals surface area contributed by atoms with E-state index in [4.69, 9.17) is 4.74 Å². The molecule has 1 N–H and O–H groups in total. The third kappa shape index (κ3) is 6.41. The molecule has 0 bridgehead atoms. The first-order chi connectivity index (χ1) is 9.30. The average Bonchev–Trinajstić information content (AvgIpc) is 2.43. The van der Waals surface area contributed by atoms with Crippen molar-refractivity contribution >= 4 is 5.82 Å². The summed E-state index contributed by atoms with van der Waals surface area (Å²) >= 11 is 0. The van der Waals surface area contributed by atoms with Gasteiger partial charge in [0, 0.05) is 19.0 Å². The van der Waals surface area contributed by atoms with Gasteiger partial charge < -0.3 is 10.1 Å². The number of ether oxygens (including phenoxy) is 1. The Bertz CT molecular complexity index is 355. The predicted octanol–water partition coefficient (Wildman–Crippen LogP) is 3.82. The van der Waals surface area contributed by atoms with Gasteiger partial charge in [-0.25, -0.2) is 4.98 Å². The highest BCUT2D eigenvalue weighted by Crippen LogP contribution is 2.14. The summed E-state index contributed by atoms with van der Waals surface area (Å²) in [5.74, 6) is 2.38. The molecular weight excluding hydrogens is 238 g/mol. The van der Waals surface area contributed by atoms with Gasteiger partial charge in [0.15, 0.2) is 0 Å². The fraction of sp³-hybridized carbons (Fsp3) is 0.733. The van der Waals surface area contributed by atoms with Crippen LogP contribution in [0, 0.1) is 0 Å². The number of anilines is 1. The summed E-state index contributed by atoms with van der Waals surface area (Å²) in [5, 5.41) is 3.21. The lowest BCUT2D eigenvalue weighted by molar-refractivity contribution is 0.292. The number of aromatic nitrogens is 2. The smallest absolute Gasteiger partial charge is 0.218 e. The molecule has 1 rings (SSSR count). The molecule has 0 unspecified atom stereocenters. The molecule has 4 heteroatoms. The number of hydrogen-bond acceptors (Lipinski definition) is 4. The molecular formula is C15H27N3O. The third-order valence-electron chi connectivity index (χ3n) is 2.92. The van der Waals surface area contributed by atoms with Crippen molar-refractivity contribution in [1.29, 1.82) is 0 Å². The average molecular weight is 265 g/mol. The fourth-order valence-electron chi connectivity index (χ4n) is 1.86. The Balaban J connectivity index is 2.41. The second kappa shape index (κ2) is 9.59. The third-order valence-corrected chi connectivity index (χ3v) is 2.92. The molecule has 108 valence electrons. The van der Waals surface area contributed by atoms with Crippen molar-refractivity contribution in [3.8, 4) is 5.88 Å². The first-order valence-corrected chi connectivity index (χ1v) is 7.54. The van der Waals surface area contributed by atoms with E-state index in [9.17, 15) is 0 Å². The van der Waals surface area contributed by atoms with Crippen LogP contribution in [0.4, 0.5) is 5.82 Å². The van der Waals surface area contributed by atoms with Gasteiger partial charge in [0.1, 0.15) is 11.6 Å². The predicted molar refractivity (Wildman–Crippen MR) is 79.8 cm³/mol. The monoisotopic (exact) mass is 265 g/mol. The van der Waals surface area contributed by atoms with E-state index in [2.05, 4.69) is 36.1 Å². The molecule has 0 fully saturated rings. The highest BCUT2D eigenvalue weighted by atomic mass is 16.5. The summed E-state index contributed by atoms with van der Waals surface area (Å²) in [7, 11) is 0. The van der Waals surface area contributed by atoms with E-state index >= 15 is 0 Å². The summed E-state index contributed by atoms with van der Waals surface area (Å²) in [6.45, 7) is 7.94. The topological polar surface area (TPSA) is 47.0 Å². The number of nitrogens with one attached hydrogen (secondary N) is 1. The van der Waals surface area contributed by atoms with Crippen molar-refractivity contribution in [2.75, 3.05) is 18.5 Å². The molecule has 4 nitrogen and oxygen atoms in total.